The van der Waals surface area contributed by atoms with Crippen LogP contribution < -0.4 is 5.11 Å². The average molecular weight is 350 g/mol. The van der Waals surface area contributed by atoms with E-state index in [0.717, 1.165) is 5.56 Å². The summed E-state index contributed by atoms with van der Waals surface area (Å²) in [4.78, 5) is 10.7. The molecule has 1 aromatic rings. The van der Waals surface area contributed by atoms with Crippen molar-refractivity contribution in [2.45, 2.75) is 37.9 Å². The highest BCUT2D eigenvalue weighted by Crippen LogP contribution is 2.23. The largest absolute Gasteiger partial charge is 0.550 e. The van der Waals surface area contributed by atoms with Crippen molar-refractivity contribution in [2.75, 3.05) is 13.9 Å². The van der Waals surface area contributed by atoms with Gasteiger partial charge in [0.1, 0.15) is 6.79 Å². The van der Waals surface area contributed by atoms with Gasteiger partial charge in [0.15, 0.2) is 0 Å². The minimum Gasteiger partial charge on any atom is -0.550 e. The van der Waals surface area contributed by atoms with Crippen LogP contribution in [-0.2, 0) is 20.7 Å². The van der Waals surface area contributed by atoms with Crippen molar-refractivity contribution in [3.63, 3.8) is 0 Å². The van der Waals surface area contributed by atoms with Crippen LogP contribution in [0.2, 0.25) is 10.0 Å². The van der Waals surface area contributed by atoms with Crippen molar-refractivity contribution in [1.29, 1.82) is 0 Å². The van der Waals surface area contributed by atoms with E-state index in [1.54, 1.807) is 18.2 Å². The number of hydrogen-bond donors (Lipinski definition) is 1. The molecule has 2 unspecified atom stereocenters. The highest BCUT2D eigenvalue weighted by atomic mass is 35.5. The van der Waals surface area contributed by atoms with E-state index in [-0.39, 0.29) is 19.6 Å². The third-order valence-corrected chi connectivity index (χ3v) is 3.70. The summed E-state index contributed by atoms with van der Waals surface area (Å²) >= 11 is 11.9. The van der Waals surface area contributed by atoms with Crippen molar-refractivity contribution < 1.29 is 24.5 Å². The van der Waals surface area contributed by atoms with Gasteiger partial charge >= 0.3 is 0 Å². The third-order valence-electron chi connectivity index (χ3n) is 3.11. The van der Waals surface area contributed by atoms with Gasteiger partial charge in [-0.3, -0.25) is 0 Å². The average Bonchev–Trinajstić information content (AvgIpc) is 2.43. The zero-order valence-electron chi connectivity index (χ0n) is 12.3. The Hall–Kier alpha value is -0.850. The lowest BCUT2D eigenvalue weighted by Crippen LogP contribution is -2.31. The van der Waals surface area contributed by atoms with Crippen LogP contribution >= 0.6 is 23.2 Å². The van der Waals surface area contributed by atoms with Gasteiger partial charge in [0.25, 0.3) is 0 Å². The monoisotopic (exact) mass is 349 g/mol. The van der Waals surface area contributed by atoms with Gasteiger partial charge in [-0.05, 0) is 37.0 Å². The number of carboxylic acid groups (broad SMARTS) is 1. The van der Waals surface area contributed by atoms with Crippen molar-refractivity contribution in [1.82, 2.24) is 0 Å². The van der Waals surface area contributed by atoms with Gasteiger partial charge in [0, 0.05) is 29.5 Å². The first kappa shape index (κ1) is 19.2. The summed E-state index contributed by atoms with van der Waals surface area (Å²) in [6, 6.07) is 5.18. The van der Waals surface area contributed by atoms with E-state index in [1.165, 1.54) is 7.11 Å². The van der Waals surface area contributed by atoms with Gasteiger partial charge in [-0.25, -0.2) is 0 Å². The maximum absolute atomic E-state index is 10.7. The van der Waals surface area contributed by atoms with E-state index >= 15 is 0 Å². The summed E-state index contributed by atoms with van der Waals surface area (Å²) in [6.45, 7) is -0.0340. The topological polar surface area (TPSA) is 78.8 Å². The summed E-state index contributed by atoms with van der Waals surface area (Å²) in [6.07, 6.45) is -0.487. The summed E-state index contributed by atoms with van der Waals surface area (Å²) < 4.78 is 9.96. The number of carboxylic acids is 1. The Morgan fingerprint density at radius 3 is 2.73 bits per heavy atom. The Balaban J connectivity index is 2.48. The van der Waals surface area contributed by atoms with Crippen LogP contribution in [-0.4, -0.2) is 37.2 Å². The molecule has 2 atom stereocenters. The second kappa shape index (κ2) is 10.0. The van der Waals surface area contributed by atoms with E-state index in [4.69, 9.17) is 32.7 Å². The number of aliphatic carboxylic acids is 1. The molecule has 1 rings (SSSR count). The standard InChI is InChI=1S/C15H20Cl2O5/c1-21-9-22-13(8-15(19)20)7-12(18)5-3-10-2-4-11(16)6-14(10)17/h2,4,6,12-13,18H,3,5,7-9H2,1H3,(H,19,20)/p-1. The third kappa shape index (κ3) is 7.42. The van der Waals surface area contributed by atoms with Crippen LogP contribution in [0.4, 0.5) is 0 Å². The lowest BCUT2D eigenvalue weighted by Gasteiger charge is -2.21. The zero-order valence-corrected chi connectivity index (χ0v) is 13.8. The van der Waals surface area contributed by atoms with Gasteiger partial charge in [0.05, 0.1) is 12.2 Å². The number of methoxy groups -OCH3 is 1. The second-order valence-corrected chi connectivity index (χ2v) is 5.78. The predicted octanol–water partition coefficient (Wildman–Crippen LogP) is 1.81. The Labute approximate surface area is 139 Å². The Morgan fingerprint density at radius 1 is 1.41 bits per heavy atom. The van der Waals surface area contributed by atoms with E-state index in [2.05, 4.69) is 0 Å². The van der Waals surface area contributed by atoms with Crippen molar-refractivity contribution in [3.05, 3.63) is 33.8 Å². The number of carbonyl (C=O) groups excluding carboxylic acids is 1. The number of ether oxygens (including phenoxy) is 2. The van der Waals surface area contributed by atoms with Crippen LogP contribution in [0, 0.1) is 0 Å². The number of aryl methyl sites for hydroxylation is 1. The molecule has 0 saturated heterocycles. The van der Waals surface area contributed by atoms with Crippen LogP contribution in [0.1, 0.15) is 24.8 Å². The van der Waals surface area contributed by atoms with Gasteiger partial charge in [-0.15, -0.1) is 0 Å². The van der Waals surface area contributed by atoms with E-state index < -0.39 is 18.2 Å². The first-order valence-electron chi connectivity index (χ1n) is 6.84. The van der Waals surface area contributed by atoms with E-state index in [0.29, 0.717) is 22.9 Å². The highest BCUT2D eigenvalue weighted by molar-refractivity contribution is 6.35. The maximum Gasteiger partial charge on any atom is 0.146 e. The molecule has 0 spiro atoms. The number of benzene rings is 1. The number of aliphatic hydroxyl groups excluding tert-OH is 1. The van der Waals surface area contributed by atoms with Crippen molar-refractivity contribution in [2.24, 2.45) is 0 Å². The van der Waals surface area contributed by atoms with E-state index in [9.17, 15) is 15.0 Å². The van der Waals surface area contributed by atoms with Gasteiger partial charge in [-0.1, -0.05) is 29.3 Å². The molecular formula is C15H19Cl2O5-. The lowest BCUT2D eigenvalue weighted by molar-refractivity contribution is -0.308. The first-order chi connectivity index (χ1) is 10.4. The molecule has 124 valence electrons. The van der Waals surface area contributed by atoms with Gasteiger partial charge < -0.3 is 24.5 Å². The fourth-order valence-electron chi connectivity index (χ4n) is 2.03. The molecule has 0 aliphatic carbocycles. The minimum absolute atomic E-state index is 0.0340. The molecule has 7 heteroatoms. The molecule has 1 N–H and O–H groups in total. The van der Waals surface area contributed by atoms with Crippen LogP contribution in [0.25, 0.3) is 0 Å². The minimum atomic E-state index is -1.23. The molecule has 5 nitrogen and oxygen atoms in total. The predicted molar refractivity (Wildman–Crippen MR) is 81.8 cm³/mol. The molecule has 0 aliphatic rings. The molecule has 0 bridgehead atoms. The summed E-state index contributed by atoms with van der Waals surface area (Å²) in [7, 11) is 1.44. The molecule has 0 saturated carbocycles. The van der Waals surface area contributed by atoms with Crippen LogP contribution in [0.15, 0.2) is 18.2 Å². The molecule has 0 fully saturated rings. The summed E-state index contributed by atoms with van der Waals surface area (Å²) in [5.74, 6) is -1.23. The number of hydrogen-bond acceptors (Lipinski definition) is 5. The number of rotatable bonds is 10. The summed E-state index contributed by atoms with van der Waals surface area (Å²) in [5, 5.41) is 21.8. The molecule has 0 aromatic heterocycles. The second-order valence-electron chi connectivity index (χ2n) is 4.94. The Morgan fingerprint density at radius 2 is 2.14 bits per heavy atom. The zero-order chi connectivity index (χ0) is 16.5. The normalized spacial score (nSPS) is 13.8. The fourth-order valence-corrected chi connectivity index (χ4v) is 2.53. The van der Waals surface area contributed by atoms with Crippen molar-refractivity contribution >= 4 is 29.2 Å². The highest BCUT2D eigenvalue weighted by Gasteiger charge is 2.16. The Bertz CT molecular complexity index is 481. The quantitative estimate of drug-likeness (QED) is 0.651. The van der Waals surface area contributed by atoms with Gasteiger partial charge in [0.2, 0.25) is 0 Å². The van der Waals surface area contributed by atoms with Gasteiger partial charge in [-0.2, -0.15) is 0 Å². The van der Waals surface area contributed by atoms with Crippen LogP contribution in [0.5, 0.6) is 0 Å². The van der Waals surface area contributed by atoms with Crippen LogP contribution in [0.3, 0.4) is 0 Å². The van der Waals surface area contributed by atoms with Crippen molar-refractivity contribution in [3.8, 4) is 0 Å². The lowest BCUT2D eigenvalue weighted by atomic mass is 10.0. The fraction of sp³-hybridized carbons (Fsp3) is 0.533. The molecular weight excluding hydrogens is 331 g/mol. The SMILES string of the molecule is COCOC(CC(=O)[O-])CC(O)CCc1ccc(Cl)cc1Cl. The molecule has 0 aliphatic heterocycles. The van der Waals surface area contributed by atoms with E-state index in [1.807, 2.05) is 0 Å². The number of carbonyl (C=O) groups is 1. The molecule has 0 amide bonds. The smallest absolute Gasteiger partial charge is 0.146 e. The maximum atomic E-state index is 10.7. The molecule has 1 aromatic carbocycles. The first-order valence-corrected chi connectivity index (χ1v) is 7.60. The Kier molecular flexibility index (Phi) is 8.75. The molecule has 22 heavy (non-hydrogen) atoms. The summed E-state index contributed by atoms with van der Waals surface area (Å²) in [5.41, 5.74) is 0.874. The number of aliphatic hydroxyl groups is 1. The molecule has 0 radical (unpaired) electrons. The number of halogens is 2. The molecule has 0 heterocycles.